The highest BCUT2D eigenvalue weighted by molar-refractivity contribution is 5.98. The minimum absolute atomic E-state index is 0.105. The number of para-hydroxylation sites is 1. The zero-order chi connectivity index (χ0) is 19.3. The summed E-state index contributed by atoms with van der Waals surface area (Å²) in [5.74, 6) is -3.91. The molecular weight excluding hydrogens is 346 g/mol. The van der Waals surface area contributed by atoms with Crippen LogP contribution in [0.15, 0.2) is 42.5 Å². The van der Waals surface area contributed by atoms with Crippen LogP contribution >= 0.6 is 0 Å². The summed E-state index contributed by atoms with van der Waals surface area (Å²) in [6.07, 6.45) is -1.30. The predicted molar refractivity (Wildman–Crippen MR) is 90.6 cm³/mol. The standard InChI is InChI=1S/C18H16F2N2O4/c1-10(17(24)22-16-14(19)7-4-8-15(16)20)26-18(25)12-5-3-6-13(9-12)21-11(2)23/h3-10H,1-2H3,(H,21,23)(H,22,24)/t10-/m0/s1. The fraction of sp³-hybridized carbons (Fsp3) is 0.167. The van der Waals surface area contributed by atoms with E-state index in [-0.39, 0.29) is 11.5 Å². The van der Waals surface area contributed by atoms with Gasteiger partial charge in [0.25, 0.3) is 5.91 Å². The van der Waals surface area contributed by atoms with Gasteiger partial charge in [-0.1, -0.05) is 12.1 Å². The van der Waals surface area contributed by atoms with Gasteiger partial charge < -0.3 is 15.4 Å². The van der Waals surface area contributed by atoms with Crippen LogP contribution in [-0.4, -0.2) is 23.9 Å². The molecule has 26 heavy (non-hydrogen) atoms. The Kier molecular flexibility index (Phi) is 6.00. The number of benzene rings is 2. The fourth-order valence-electron chi connectivity index (χ4n) is 2.05. The summed E-state index contributed by atoms with van der Waals surface area (Å²) in [6.45, 7) is 2.59. The van der Waals surface area contributed by atoms with Gasteiger partial charge in [0.05, 0.1) is 5.56 Å². The summed E-state index contributed by atoms with van der Waals surface area (Å²) in [5.41, 5.74) is -0.126. The van der Waals surface area contributed by atoms with E-state index in [4.69, 9.17) is 4.74 Å². The van der Waals surface area contributed by atoms with Gasteiger partial charge in [-0.05, 0) is 37.3 Å². The maximum absolute atomic E-state index is 13.6. The van der Waals surface area contributed by atoms with Crippen LogP contribution in [-0.2, 0) is 14.3 Å². The van der Waals surface area contributed by atoms with Crippen molar-refractivity contribution >= 4 is 29.2 Å². The van der Waals surface area contributed by atoms with Gasteiger partial charge >= 0.3 is 5.97 Å². The molecule has 0 aliphatic heterocycles. The molecule has 0 saturated carbocycles. The second-order valence-corrected chi connectivity index (χ2v) is 5.40. The number of amides is 2. The molecule has 1 atom stereocenters. The minimum atomic E-state index is -1.30. The van der Waals surface area contributed by atoms with Crippen molar-refractivity contribution in [2.75, 3.05) is 10.6 Å². The molecule has 136 valence electrons. The van der Waals surface area contributed by atoms with Crippen molar-refractivity contribution in [2.45, 2.75) is 20.0 Å². The van der Waals surface area contributed by atoms with E-state index in [9.17, 15) is 23.2 Å². The molecule has 2 aromatic rings. The Bertz CT molecular complexity index is 835. The van der Waals surface area contributed by atoms with Gasteiger partial charge in [-0.15, -0.1) is 0 Å². The highest BCUT2D eigenvalue weighted by atomic mass is 19.1. The third-order valence-corrected chi connectivity index (χ3v) is 3.28. The highest BCUT2D eigenvalue weighted by Crippen LogP contribution is 2.19. The molecule has 0 spiro atoms. The number of hydrogen-bond donors (Lipinski definition) is 2. The molecular formula is C18H16F2N2O4. The lowest BCUT2D eigenvalue weighted by Gasteiger charge is -2.14. The van der Waals surface area contributed by atoms with Crippen LogP contribution in [0.1, 0.15) is 24.2 Å². The number of halogens is 2. The normalized spacial score (nSPS) is 11.4. The average Bonchev–Trinajstić information content (AvgIpc) is 2.57. The van der Waals surface area contributed by atoms with Crippen LogP contribution < -0.4 is 10.6 Å². The minimum Gasteiger partial charge on any atom is -0.449 e. The Balaban J connectivity index is 2.04. The van der Waals surface area contributed by atoms with E-state index >= 15 is 0 Å². The van der Waals surface area contributed by atoms with Crippen LogP contribution in [0.3, 0.4) is 0 Å². The Morgan fingerprint density at radius 3 is 2.23 bits per heavy atom. The monoisotopic (exact) mass is 362 g/mol. The molecule has 2 N–H and O–H groups in total. The van der Waals surface area contributed by atoms with Crippen LogP contribution in [0.25, 0.3) is 0 Å². The van der Waals surface area contributed by atoms with E-state index in [1.807, 2.05) is 5.32 Å². The highest BCUT2D eigenvalue weighted by Gasteiger charge is 2.21. The van der Waals surface area contributed by atoms with E-state index in [0.717, 1.165) is 18.2 Å². The second-order valence-electron chi connectivity index (χ2n) is 5.40. The fourth-order valence-corrected chi connectivity index (χ4v) is 2.05. The molecule has 0 aliphatic rings. The third-order valence-electron chi connectivity index (χ3n) is 3.28. The van der Waals surface area contributed by atoms with Crippen LogP contribution in [0.2, 0.25) is 0 Å². The number of nitrogens with one attached hydrogen (secondary N) is 2. The molecule has 0 fully saturated rings. The number of carbonyl (C=O) groups is 3. The van der Waals surface area contributed by atoms with Gasteiger partial charge in [-0.25, -0.2) is 13.6 Å². The Labute approximate surface area is 148 Å². The number of carbonyl (C=O) groups excluding carboxylic acids is 3. The quantitative estimate of drug-likeness (QED) is 0.801. The lowest BCUT2D eigenvalue weighted by molar-refractivity contribution is -0.123. The molecule has 2 rings (SSSR count). The van der Waals surface area contributed by atoms with Gasteiger partial charge in [0.1, 0.15) is 17.3 Å². The average molecular weight is 362 g/mol. The van der Waals surface area contributed by atoms with Gasteiger partial charge in [0.2, 0.25) is 5.91 Å². The van der Waals surface area contributed by atoms with Crippen molar-refractivity contribution in [3.8, 4) is 0 Å². The summed E-state index contributed by atoms with van der Waals surface area (Å²) in [4.78, 5) is 35.2. The van der Waals surface area contributed by atoms with Crippen molar-refractivity contribution in [1.82, 2.24) is 0 Å². The Hall–Kier alpha value is -3.29. The first-order valence-corrected chi connectivity index (χ1v) is 7.61. The molecule has 0 unspecified atom stereocenters. The number of hydrogen-bond acceptors (Lipinski definition) is 4. The summed E-state index contributed by atoms with van der Waals surface area (Å²) < 4.78 is 32.1. The first-order valence-electron chi connectivity index (χ1n) is 7.61. The van der Waals surface area contributed by atoms with E-state index in [1.165, 1.54) is 32.0 Å². The van der Waals surface area contributed by atoms with Crippen molar-refractivity contribution in [3.63, 3.8) is 0 Å². The zero-order valence-electron chi connectivity index (χ0n) is 14.0. The Morgan fingerprint density at radius 2 is 1.62 bits per heavy atom. The third kappa shape index (κ3) is 4.85. The van der Waals surface area contributed by atoms with Gasteiger partial charge in [-0.2, -0.15) is 0 Å². The van der Waals surface area contributed by atoms with Crippen molar-refractivity contribution in [2.24, 2.45) is 0 Å². The van der Waals surface area contributed by atoms with Crippen molar-refractivity contribution in [1.29, 1.82) is 0 Å². The van der Waals surface area contributed by atoms with Crippen LogP contribution in [0.4, 0.5) is 20.2 Å². The number of anilines is 2. The predicted octanol–water partition coefficient (Wildman–Crippen LogP) is 3.11. The number of rotatable bonds is 5. The summed E-state index contributed by atoms with van der Waals surface area (Å²) >= 11 is 0. The lowest BCUT2D eigenvalue weighted by atomic mass is 10.2. The largest absolute Gasteiger partial charge is 0.449 e. The number of ether oxygens (including phenoxy) is 1. The van der Waals surface area contributed by atoms with E-state index < -0.39 is 35.3 Å². The topological polar surface area (TPSA) is 84.5 Å². The molecule has 0 aliphatic carbocycles. The van der Waals surface area contributed by atoms with Gasteiger partial charge in [-0.3, -0.25) is 9.59 Å². The first kappa shape index (κ1) is 19.0. The maximum atomic E-state index is 13.6. The molecule has 6 nitrogen and oxygen atoms in total. The van der Waals surface area contributed by atoms with E-state index in [1.54, 1.807) is 6.07 Å². The molecule has 0 bridgehead atoms. The summed E-state index contributed by atoms with van der Waals surface area (Å²) in [5, 5.41) is 4.56. The molecule has 0 aromatic heterocycles. The number of esters is 1. The van der Waals surface area contributed by atoms with Crippen LogP contribution in [0.5, 0.6) is 0 Å². The maximum Gasteiger partial charge on any atom is 0.338 e. The van der Waals surface area contributed by atoms with E-state index in [0.29, 0.717) is 5.69 Å². The van der Waals surface area contributed by atoms with Gasteiger partial charge in [0, 0.05) is 12.6 Å². The smallest absolute Gasteiger partial charge is 0.338 e. The molecule has 0 heterocycles. The summed E-state index contributed by atoms with van der Waals surface area (Å²) in [6, 6.07) is 9.06. The molecule has 0 radical (unpaired) electrons. The molecule has 0 saturated heterocycles. The SMILES string of the molecule is CC(=O)Nc1cccc(C(=O)O[C@@H](C)C(=O)Nc2c(F)cccc2F)c1. The molecule has 2 aromatic carbocycles. The summed E-state index contributed by atoms with van der Waals surface area (Å²) in [7, 11) is 0. The van der Waals surface area contributed by atoms with Crippen LogP contribution in [0, 0.1) is 11.6 Å². The van der Waals surface area contributed by atoms with Gasteiger partial charge in [0.15, 0.2) is 6.10 Å². The van der Waals surface area contributed by atoms with Crippen molar-refractivity contribution in [3.05, 3.63) is 59.7 Å². The zero-order valence-corrected chi connectivity index (χ0v) is 14.0. The second kappa shape index (κ2) is 8.19. The van der Waals surface area contributed by atoms with E-state index in [2.05, 4.69) is 5.32 Å². The molecule has 8 heteroatoms. The first-order chi connectivity index (χ1) is 12.3. The molecule has 2 amide bonds. The lowest BCUT2D eigenvalue weighted by Crippen LogP contribution is -2.30. The Morgan fingerprint density at radius 1 is 1.00 bits per heavy atom. The van der Waals surface area contributed by atoms with Crippen molar-refractivity contribution < 1.29 is 27.9 Å².